The van der Waals surface area contributed by atoms with Crippen molar-refractivity contribution < 1.29 is 0 Å². The Morgan fingerprint density at radius 3 is 2.43 bits per heavy atom. The third kappa shape index (κ3) is 3.78. The van der Waals surface area contributed by atoms with Gasteiger partial charge in [-0.2, -0.15) is 0 Å². The molecule has 0 aromatic heterocycles. The van der Waals surface area contributed by atoms with Gasteiger partial charge in [-0.1, -0.05) is 42.8 Å². The first-order chi connectivity index (χ1) is 10.2. The molecule has 2 aromatic carbocycles. The van der Waals surface area contributed by atoms with Crippen molar-refractivity contribution >= 4 is 23.0 Å². The number of aryl methyl sites for hydroxylation is 1. The summed E-state index contributed by atoms with van der Waals surface area (Å²) >= 11 is 6.51. The predicted octanol–water partition coefficient (Wildman–Crippen LogP) is 4.92. The van der Waals surface area contributed by atoms with Crippen LogP contribution < -0.4 is 10.2 Å². The Labute approximate surface area is 132 Å². The van der Waals surface area contributed by atoms with Crippen molar-refractivity contribution in [2.24, 2.45) is 0 Å². The molecular weight excluding hydrogens is 280 g/mol. The van der Waals surface area contributed by atoms with Crippen molar-refractivity contribution in [2.45, 2.75) is 27.3 Å². The first-order valence-electron chi connectivity index (χ1n) is 7.49. The van der Waals surface area contributed by atoms with E-state index < -0.39 is 0 Å². The lowest BCUT2D eigenvalue weighted by molar-refractivity contribution is 0.727. The number of nitrogens with zero attached hydrogens (tertiary/aromatic N) is 1. The third-order valence-corrected chi connectivity index (χ3v) is 3.91. The zero-order valence-corrected chi connectivity index (χ0v) is 13.7. The van der Waals surface area contributed by atoms with Crippen LogP contribution in [0.25, 0.3) is 0 Å². The molecule has 0 saturated heterocycles. The Bertz CT molecular complexity index is 596. The van der Waals surface area contributed by atoms with Crippen molar-refractivity contribution in [1.29, 1.82) is 0 Å². The van der Waals surface area contributed by atoms with E-state index in [9.17, 15) is 0 Å². The molecule has 0 fully saturated rings. The number of nitrogens with one attached hydrogen (secondary N) is 1. The molecule has 0 spiro atoms. The molecule has 3 heteroatoms. The van der Waals surface area contributed by atoms with Gasteiger partial charge in [-0.3, -0.25) is 0 Å². The van der Waals surface area contributed by atoms with Crippen LogP contribution in [0.1, 0.15) is 25.0 Å². The van der Waals surface area contributed by atoms with Gasteiger partial charge in [0.05, 0.1) is 10.7 Å². The van der Waals surface area contributed by atoms with Crippen LogP contribution in [0.15, 0.2) is 42.5 Å². The van der Waals surface area contributed by atoms with Crippen LogP contribution in [0.2, 0.25) is 5.02 Å². The molecule has 0 saturated carbocycles. The average molecular weight is 303 g/mol. The fourth-order valence-electron chi connectivity index (χ4n) is 2.49. The standard InChI is InChI=1S/C18H23ClN2/c1-4-20-13-15-10-11-18(16(19)12-15)21(5-2)17-9-7-6-8-14(17)3/h6-12,20H,4-5,13H2,1-3H3. The molecule has 21 heavy (non-hydrogen) atoms. The molecule has 1 N–H and O–H groups in total. The smallest absolute Gasteiger partial charge is 0.0646 e. The summed E-state index contributed by atoms with van der Waals surface area (Å²) in [6.07, 6.45) is 0. The summed E-state index contributed by atoms with van der Waals surface area (Å²) in [4.78, 5) is 2.26. The minimum Gasteiger partial charge on any atom is -0.340 e. The van der Waals surface area contributed by atoms with Gasteiger partial charge in [0.15, 0.2) is 0 Å². The van der Waals surface area contributed by atoms with Gasteiger partial charge in [0.2, 0.25) is 0 Å². The summed E-state index contributed by atoms with van der Waals surface area (Å²) in [6.45, 7) is 9.08. The molecule has 0 bridgehead atoms. The van der Waals surface area contributed by atoms with E-state index in [0.29, 0.717) is 0 Å². The Hall–Kier alpha value is -1.51. The Morgan fingerprint density at radius 2 is 1.81 bits per heavy atom. The zero-order chi connectivity index (χ0) is 15.2. The van der Waals surface area contributed by atoms with Gasteiger partial charge in [0.1, 0.15) is 0 Å². The van der Waals surface area contributed by atoms with Crippen LogP contribution in [0.5, 0.6) is 0 Å². The van der Waals surface area contributed by atoms with Gasteiger partial charge in [-0.15, -0.1) is 0 Å². The highest BCUT2D eigenvalue weighted by molar-refractivity contribution is 6.33. The number of para-hydroxylation sites is 1. The molecular formula is C18H23ClN2. The van der Waals surface area contributed by atoms with Crippen LogP contribution in [-0.2, 0) is 6.54 Å². The van der Waals surface area contributed by atoms with Crippen LogP contribution in [0, 0.1) is 6.92 Å². The predicted molar refractivity (Wildman–Crippen MR) is 92.7 cm³/mol. The highest BCUT2D eigenvalue weighted by Crippen LogP contribution is 2.34. The lowest BCUT2D eigenvalue weighted by Gasteiger charge is -2.26. The highest BCUT2D eigenvalue weighted by Gasteiger charge is 2.13. The molecule has 0 heterocycles. The van der Waals surface area contributed by atoms with Crippen LogP contribution in [0.3, 0.4) is 0 Å². The van der Waals surface area contributed by atoms with E-state index in [2.05, 4.69) is 73.5 Å². The van der Waals surface area contributed by atoms with Gasteiger partial charge < -0.3 is 10.2 Å². The summed E-state index contributed by atoms with van der Waals surface area (Å²) in [6, 6.07) is 14.7. The summed E-state index contributed by atoms with van der Waals surface area (Å²) in [5, 5.41) is 4.12. The molecule has 0 atom stereocenters. The summed E-state index contributed by atoms with van der Waals surface area (Å²) < 4.78 is 0. The van der Waals surface area contributed by atoms with Crippen LogP contribution in [-0.4, -0.2) is 13.1 Å². The average Bonchev–Trinajstić information content (AvgIpc) is 2.49. The van der Waals surface area contributed by atoms with Gasteiger partial charge in [0, 0.05) is 18.8 Å². The third-order valence-electron chi connectivity index (χ3n) is 3.60. The fraction of sp³-hybridized carbons (Fsp3) is 0.333. The van der Waals surface area contributed by atoms with Gasteiger partial charge in [0.25, 0.3) is 0 Å². The number of hydrogen-bond donors (Lipinski definition) is 1. The molecule has 2 rings (SSSR count). The molecule has 0 aliphatic carbocycles. The van der Waals surface area contributed by atoms with Crippen molar-refractivity contribution in [3.8, 4) is 0 Å². The molecule has 0 unspecified atom stereocenters. The zero-order valence-electron chi connectivity index (χ0n) is 13.0. The first kappa shape index (κ1) is 15.9. The van der Waals surface area contributed by atoms with E-state index in [1.807, 2.05) is 0 Å². The minimum absolute atomic E-state index is 0.801. The number of halogens is 1. The number of rotatable bonds is 6. The Balaban J connectivity index is 2.33. The largest absolute Gasteiger partial charge is 0.340 e. The molecule has 0 aliphatic rings. The van der Waals surface area contributed by atoms with Gasteiger partial charge >= 0.3 is 0 Å². The monoisotopic (exact) mass is 302 g/mol. The maximum Gasteiger partial charge on any atom is 0.0646 e. The van der Waals surface area contributed by atoms with Crippen molar-refractivity contribution in [3.63, 3.8) is 0 Å². The van der Waals surface area contributed by atoms with Crippen molar-refractivity contribution in [3.05, 3.63) is 58.6 Å². The van der Waals surface area contributed by atoms with Crippen molar-refractivity contribution in [2.75, 3.05) is 18.0 Å². The second-order valence-corrected chi connectivity index (χ2v) is 5.50. The molecule has 0 radical (unpaired) electrons. The topological polar surface area (TPSA) is 15.3 Å². The summed E-state index contributed by atoms with van der Waals surface area (Å²) in [7, 11) is 0. The minimum atomic E-state index is 0.801. The van der Waals surface area contributed by atoms with E-state index in [-0.39, 0.29) is 0 Å². The Morgan fingerprint density at radius 1 is 1.05 bits per heavy atom. The van der Waals surface area contributed by atoms with Crippen molar-refractivity contribution in [1.82, 2.24) is 5.32 Å². The molecule has 112 valence electrons. The van der Waals surface area contributed by atoms with Gasteiger partial charge in [-0.25, -0.2) is 0 Å². The molecule has 0 amide bonds. The number of anilines is 2. The van der Waals surface area contributed by atoms with E-state index in [1.54, 1.807) is 0 Å². The van der Waals surface area contributed by atoms with Crippen LogP contribution >= 0.6 is 11.6 Å². The first-order valence-corrected chi connectivity index (χ1v) is 7.87. The summed E-state index contributed by atoms with van der Waals surface area (Å²) in [5.41, 5.74) is 4.74. The Kier molecular flexibility index (Phi) is 5.66. The number of hydrogen-bond acceptors (Lipinski definition) is 2. The SMILES string of the molecule is CCNCc1ccc(N(CC)c2ccccc2C)c(Cl)c1. The molecule has 2 nitrogen and oxygen atoms in total. The molecule has 0 aliphatic heterocycles. The highest BCUT2D eigenvalue weighted by atomic mass is 35.5. The quantitative estimate of drug-likeness (QED) is 0.815. The van der Waals surface area contributed by atoms with Crippen LogP contribution in [0.4, 0.5) is 11.4 Å². The second kappa shape index (κ2) is 7.48. The van der Waals surface area contributed by atoms with E-state index in [1.165, 1.54) is 16.8 Å². The summed E-state index contributed by atoms with van der Waals surface area (Å²) in [5.74, 6) is 0. The maximum atomic E-state index is 6.51. The van der Waals surface area contributed by atoms with Gasteiger partial charge in [-0.05, 0) is 49.7 Å². The normalized spacial score (nSPS) is 10.7. The maximum absolute atomic E-state index is 6.51. The fourth-order valence-corrected chi connectivity index (χ4v) is 2.79. The van der Waals surface area contributed by atoms with E-state index in [4.69, 9.17) is 11.6 Å². The second-order valence-electron chi connectivity index (χ2n) is 5.10. The lowest BCUT2D eigenvalue weighted by Crippen LogP contribution is -2.18. The van der Waals surface area contributed by atoms with E-state index >= 15 is 0 Å². The molecule has 2 aromatic rings. The lowest BCUT2D eigenvalue weighted by atomic mass is 10.1. The van der Waals surface area contributed by atoms with E-state index in [0.717, 1.165) is 30.3 Å². The number of benzene rings is 2.